The van der Waals surface area contributed by atoms with Crippen LogP contribution in [-0.4, -0.2) is 139 Å². The van der Waals surface area contributed by atoms with E-state index in [1.807, 2.05) is 6.08 Å². The molecule has 0 saturated heterocycles. The van der Waals surface area contributed by atoms with Gasteiger partial charge in [-0.05, 0) is 50.5 Å². The van der Waals surface area contributed by atoms with E-state index in [1.54, 1.807) is 11.0 Å². The maximum Gasteiger partial charge on any atom is 2.00 e. The van der Waals surface area contributed by atoms with Crippen LogP contribution in [0.25, 0.3) is 0 Å². The molecule has 0 fully saturated rings. The van der Waals surface area contributed by atoms with Gasteiger partial charge in [-0.25, -0.2) is 0 Å². The van der Waals surface area contributed by atoms with Crippen molar-refractivity contribution in [2.45, 2.75) is 78.1 Å². The molecular weight excluding hydrogens is 560 g/mol. The summed E-state index contributed by atoms with van der Waals surface area (Å²) >= 11 is 0. The second-order valence-electron chi connectivity index (χ2n) is 9.16. The van der Waals surface area contributed by atoms with Gasteiger partial charge in [0.05, 0.1) is 25.9 Å². The molecule has 0 heterocycles. The molecule has 232 valence electrons. The Morgan fingerprint density at radius 3 is 1.83 bits per heavy atom. The average Bonchev–Trinajstić information content (AvgIpc) is 2.91. The van der Waals surface area contributed by atoms with E-state index in [4.69, 9.17) is 15.3 Å². The first-order valence-corrected chi connectivity index (χ1v) is 14.1. The van der Waals surface area contributed by atoms with E-state index < -0.39 is 11.9 Å². The van der Waals surface area contributed by atoms with Crippen LogP contribution in [0.3, 0.4) is 0 Å². The summed E-state index contributed by atoms with van der Waals surface area (Å²) in [7, 11) is 0. The molecule has 0 aromatic rings. The van der Waals surface area contributed by atoms with Crippen molar-refractivity contribution in [1.29, 1.82) is 0 Å². The maximum atomic E-state index is 11.5. The number of hydrogen-bond acceptors (Lipinski definition) is 10. The van der Waals surface area contributed by atoms with Gasteiger partial charge in [-0.15, -0.1) is 0 Å². The predicted molar refractivity (Wildman–Crippen MR) is 157 cm³/mol. The van der Waals surface area contributed by atoms with Crippen LogP contribution < -0.4 is 15.5 Å². The summed E-state index contributed by atoms with van der Waals surface area (Å²) < 4.78 is 0. The van der Waals surface area contributed by atoms with Gasteiger partial charge in [0.1, 0.15) is 0 Å². The van der Waals surface area contributed by atoms with Crippen LogP contribution in [0.15, 0.2) is 29.3 Å². The minimum Gasteiger partial charge on any atom is -0.859 e. The van der Waals surface area contributed by atoms with Crippen LogP contribution >= 0.6 is 0 Å². The Balaban J connectivity index is -0.000000688. The molecule has 0 bridgehead atoms. The van der Waals surface area contributed by atoms with Gasteiger partial charge in [0.15, 0.2) is 0 Å². The third-order valence-corrected chi connectivity index (χ3v) is 5.36. The van der Waals surface area contributed by atoms with Crippen LogP contribution in [0.4, 0.5) is 0 Å². The normalized spacial score (nSPS) is 11.5. The van der Waals surface area contributed by atoms with Gasteiger partial charge in [0.25, 0.3) is 0 Å². The molecule has 0 aliphatic carbocycles. The van der Waals surface area contributed by atoms with Crippen molar-refractivity contribution < 1.29 is 39.9 Å². The fourth-order valence-corrected chi connectivity index (χ4v) is 3.25. The van der Waals surface area contributed by atoms with Crippen molar-refractivity contribution >= 4 is 61.5 Å². The maximum absolute atomic E-state index is 11.5. The Hall–Kier alpha value is -1.54. The Morgan fingerprint density at radius 2 is 1.34 bits per heavy atom. The van der Waals surface area contributed by atoms with Crippen molar-refractivity contribution in [1.82, 2.24) is 15.1 Å². The smallest absolute Gasteiger partial charge is 0.859 e. The summed E-state index contributed by atoms with van der Waals surface area (Å²) in [6.07, 6.45) is 15.9. The molecule has 0 rings (SSSR count). The minimum atomic E-state index is -1.22. The van der Waals surface area contributed by atoms with E-state index in [9.17, 15) is 24.6 Å². The van der Waals surface area contributed by atoms with Gasteiger partial charge < -0.3 is 35.6 Å². The Bertz CT molecular complexity index is 751. The zero-order valence-corrected chi connectivity index (χ0v) is 27.2. The first kappa shape index (κ1) is 43.9. The number of rotatable bonds is 24. The zero-order valence-electron chi connectivity index (χ0n) is 25.0. The average molecular weight is 611 g/mol. The first-order valence-electron chi connectivity index (χ1n) is 14.1. The molecule has 0 atom stereocenters. The number of hydrogen-bond donors (Lipinski definition) is 4. The van der Waals surface area contributed by atoms with E-state index in [0.29, 0.717) is 25.9 Å². The van der Waals surface area contributed by atoms with Gasteiger partial charge >= 0.3 is 43.7 Å². The molecule has 0 aromatic heterocycles. The summed E-state index contributed by atoms with van der Waals surface area (Å²) in [4.78, 5) is 39.5. The second-order valence-corrected chi connectivity index (χ2v) is 9.16. The Kier molecular flexibility index (Phi) is 35.3. The molecule has 0 spiro atoms. The van der Waals surface area contributed by atoms with E-state index in [2.05, 4.69) is 24.2 Å². The van der Waals surface area contributed by atoms with Crippen molar-refractivity contribution in [3.8, 4) is 0 Å². The summed E-state index contributed by atoms with van der Waals surface area (Å²) in [5, 5.41) is 50.8. The molecule has 13 heteroatoms. The van der Waals surface area contributed by atoms with Crippen LogP contribution in [0, 0.1) is 0 Å². The summed E-state index contributed by atoms with van der Waals surface area (Å²) in [5.74, 6) is -2.76. The number of carbonyl (C=O) groups is 3. The van der Waals surface area contributed by atoms with Crippen molar-refractivity contribution in [3.63, 3.8) is 0 Å². The monoisotopic (exact) mass is 610 g/mol. The molecule has 4 N–H and O–H groups in total. The molecule has 0 radical (unpaired) electrons. The number of nitrogens with one attached hydrogen (secondary N) is 1. The van der Waals surface area contributed by atoms with E-state index in [1.165, 1.54) is 17.1 Å². The SMILES string of the molecule is CCCCC/C=C/C(=O)NCN(CCCO)CC(=O)O.CCCCC/C=C/C([O-])=NCN(CCCO)CC(=O)[O-].[Ca+2]. The van der Waals surface area contributed by atoms with Crippen LogP contribution in [0.2, 0.25) is 0 Å². The number of nitrogens with zero attached hydrogens (tertiary/aromatic N) is 3. The predicted octanol–water partition coefficient (Wildman–Crippen LogP) is -0.142. The molecule has 0 aliphatic heterocycles. The molecule has 0 aromatic carbocycles. The molecule has 0 unspecified atom stereocenters. The van der Waals surface area contributed by atoms with Gasteiger partial charge in [0.2, 0.25) is 5.91 Å². The summed E-state index contributed by atoms with van der Waals surface area (Å²) in [6.45, 7) is 4.73. The van der Waals surface area contributed by atoms with Crippen LogP contribution in [-0.2, 0) is 14.4 Å². The fourth-order valence-electron chi connectivity index (χ4n) is 3.25. The number of aliphatic hydroxyl groups excluding tert-OH is 2. The molecule has 1 amide bonds. The standard InChI is InChI=1S/2C14H26N2O4.Ca/c2*1-2-3-4-5-6-8-13(18)15-12-16(9-7-10-17)11-14(19)20;/h2*6,8,17H,2-5,7,9-12H2,1H3,(H,15,18)(H,19,20);/q;;+2/p-2/b2*8-6+;. The molecule has 0 saturated carbocycles. The summed E-state index contributed by atoms with van der Waals surface area (Å²) in [5.41, 5.74) is 0. The first-order chi connectivity index (χ1) is 19.2. The van der Waals surface area contributed by atoms with Crippen LogP contribution in [0.1, 0.15) is 78.1 Å². The third-order valence-electron chi connectivity index (χ3n) is 5.36. The largest absolute Gasteiger partial charge is 2.00 e. The molecular formula is C28H50CaN4O8. The van der Waals surface area contributed by atoms with E-state index in [0.717, 1.165) is 51.4 Å². The number of amides is 1. The van der Waals surface area contributed by atoms with Crippen LogP contribution in [0.5, 0.6) is 0 Å². The zero-order chi connectivity index (χ0) is 30.4. The topological polar surface area (TPSA) is 189 Å². The van der Waals surface area contributed by atoms with E-state index in [-0.39, 0.29) is 89.2 Å². The van der Waals surface area contributed by atoms with Crippen molar-refractivity contribution in [2.75, 3.05) is 52.7 Å². The molecule has 41 heavy (non-hydrogen) atoms. The number of carboxylic acids is 2. The second kappa shape index (κ2) is 33.0. The number of carboxylic acid groups (broad SMARTS) is 2. The number of allylic oxidation sites excluding steroid dienone is 2. The number of aliphatic hydroxyl groups is 2. The third kappa shape index (κ3) is 34.6. The Labute approximate surface area is 275 Å². The number of unbranched alkanes of at least 4 members (excludes halogenated alkanes) is 6. The Morgan fingerprint density at radius 1 is 0.805 bits per heavy atom. The van der Waals surface area contributed by atoms with Gasteiger partial charge in [-0.1, -0.05) is 57.8 Å². The number of aliphatic imine (C=N–C) groups is 1. The van der Waals surface area contributed by atoms with Crippen molar-refractivity contribution in [2.24, 2.45) is 4.99 Å². The van der Waals surface area contributed by atoms with Gasteiger partial charge in [0, 0.05) is 32.8 Å². The summed E-state index contributed by atoms with van der Waals surface area (Å²) in [6, 6.07) is 0. The fraction of sp³-hybridized carbons (Fsp3) is 0.714. The number of carbonyl (C=O) groups excluding carboxylic acids is 2. The van der Waals surface area contributed by atoms with Gasteiger partial charge in [-0.2, -0.15) is 0 Å². The van der Waals surface area contributed by atoms with Crippen molar-refractivity contribution in [3.05, 3.63) is 24.3 Å². The van der Waals surface area contributed by atoms with Gasteiger partial charge in [-0.3, -0.25) is 24.4 Å². The minimum absolute atomic E-state index is 0. The number of aliphatic carboxylic acids is 2. The molecule has 12 nitrogen and oxygen atoms in total. The molecule has 0 aliphatic rings. The van der Waals surface area contributed by atoms with E-state index >= 15 is 0 Å². The quantitative estimate of drug-likeness (QED) is 0.0286.